The van der Waals surface area contributed by atoms with Crippen LogP contribution in [0.5, 0.6) is 0 Å². The summed E-state index contributed by atoms with van der Waals surface area (Å²) in [4.78, 5) is 36.0. The number of piperidine rings is 4. The molecule has 4 aromatic heterocycles. The van der Waals surface area contributed by atoms with Crippen LogP contribution in [0, 0.1) is 23.3 Å². The zero-order valence-corrected chi connectivity index (χ0v) is 43.1. The van der Waals surface area contributed by atoms with Gasteiger partial charge < -0.3 is 81.0 Å². The summed E-state index contributed by atoms with van der Waals surface area (Å²) in [6.07, 6.45) is 7.35. The van der Waals surface area contributed by atoms with Gasteiger partial charge in [-0.2, -0.15) is 17.6 Å². The monoisotopic (exact) mass is 1180 g/mol. The van der Waals surface area contributed by atoms with Gasteiger partial charge in [-0.05, 0) is 61.2 Å². The molecule has 8 atom stereocenters. The Morgan fingerprint density at radius 3 is 1.32 bits per heavy atom. The number of aliphatic imine (C=N–C) groups is 1. The van der Waals surface area contributed by atoms with Crippen LogP contribution in [0.1, 0.15) is 61.0 Å². The van der Waals surface area contributed by atoms with Crippen molar-refractivity contribution < 1.29 is 38.0 Å². The molecule has 6 aromatic rings. The van der Waals surface area contributed by atoms with Crippen molar-refractivity contribution in [2.24, 2.45) is 22.2 Å². The summed E-state index contributed by atoms with van der Waals surface area (Å²) in [5.41, 5.74) is 38.7. The molecule has 4 aliphatic heterocycles. The molecule has 0 amide bonds. The zero-order chi connectivity index (χ0) is 56.2. The molecule has 450 valence electrons. The predicted molar refractivity (Wildman–Crippen MR) is 314 cm³/mol. The molecule has 0 radical (unpaired) electrons. The summed E-state index contributed by atoms with van der Waals surface area (Å²) in [7, 11) is 0. The second-order valence-electron chi connectivity index (χ2n) is 17.7. The number of nitrogens with zero attached hydrogens (tertiary/aromatic N) is 11. The third-order valence-electron chi connectivity index (χ3n) is 12.1. The zero-order valence-electron chi connectivity index (χ0n) is 41.5. The molecule has 0 saturated carbocycles. The highest BCUT2D eigenvalue weighted by Gasteiger charge is 2.29. The van der Waals surface area contributed by atoms with Gasteiger partial charge >= 0.3 is 0 Å². The first-order chi connectivity index (χ1) is 36.7. The van der Waals surface area contributed by atoms with Crippen LogP contribution in [0.4, 0.5) is 52.5 Å². The van der Waals surface area contributed by atoms with E-state index in [1.807, 2.05) is 18.3 Å². The molecular formula is C51H80Cl2F4N20O4. The largest absolute Gasteiger partial charge is 0.391 e. The van der Waals surface area contributed by atoms with Gasteiger partial charge in [-0.25, -0.2) is 39.9 Å². The SMILES string of the molecule is C.C.C.C.N[C@H]1CNCC[C@@H]1O.Nc1ncnc(Cl)c1F.Nc1ncnc(Cl)c1F.Nc1ncnc(N2CC[C@H](O)[C@@H](N)C2)c1F.Nc1ncnc(N2CC[C@H](O)[C@@H](N)C2)c1F.O[C@H]1CCNC[C@@H]1N=Cc1ccc2ccccc2c1. The number of hydrogen-bond donors (Lipinski definition) is 13. The van der Waals surface area contributed by atoms with Crippen molar-refractivity contribution in [3.05, 3.63) is 107 Å². The van der Waals surface area contributed by atoms with Crippen LogP contribution in [0.25, 0.3) is 10.8 Å². The molecule has 24 nitrogen and oxygen atoms in total. The molecule has 2 aromatic carbocycles. The van der Waals surface area contributed by atoms with Crippen molar-refractivity contribution in [3.63, 3.8) is 0 Å². The minimum atomic E-state index is -0.765. The number of nitrogens with two attached hydrogens (primary N) is 7. The molecule has 0 aliphatic carbocycles. The quantitative estimate of drug-likeness (QED) is 0.0685. The molecule has 81 heavy (non-hydrogen) atoms. The van der Waals surface area contributed by atoms with Crippen molar-refractivity contribution in [2.75, 3.05) is 85.1 Å². The van der Waals surface area contributed by atoms with Crippen LogP contribution in [0.3, 0.4) is 0 Å². The lowest BCUT2D eigenvalue weighted by atomic mass is 10.0. The van der Waals surface area contributed by atoms with Gasteiger partial charge in [-0.1, -0.05) is 89.3 Å². The number of aliphatic hydroxyl groups is 4. The third kappa shape index (κ3) is 22.0. The highest BCUT2D eigenvalue weighted by Crippen LogP contribution is 2.24. The van der Waals surface area contributed by atoms with Crippen molar-refractivity contribution in [3.8, 4) is 0 Å². The summed E-state index contributed by atoms with van der Waals surface area (Å²) in [5.74, 6) is -3.31. The van der Waals surface area contributed by atoms with Crippen molar-refractivity contribution in [1.82, 2.24) is 50.5 Å². The number of rotatable bonds is 4. The lowest BCUT2D eigenvalue weighted by molar-refractivity contribution is 0.116. The van der Waals surface area contributed by atoms with Gasteiger partial charge in [0.15, 0.2) is 45.2 Å². The average Bonchev–Trinajstić information content (AvgIpc) is 3.42. The number of nitrogens with one attached hydrogen (secondary N) is 2. The topological polar surface area (TPSA) is 409 Å². The number of nitrogen functional groups attached to an aromatic ring is 4. The van der Waals surface area contributed by atoms with Crippen molar-refractivity contribution in [1.29, 1.82) is 0 Å². The molecule has 30 heteroatoms. The summed E-state index contributed by atoms with van der Waals surface area (Å²) < 4.78 is 51.9. The third-order valence-corrected chi connectivity index (χ3v) is 12.6. The van der Waals surface area contributed by atoms with E-state index in [0.29, 0.717) is 39.0 Å². The van der Waals surface area contributed by atoms with E-state index in [0.717, 1.165) is 57.2 Å². The highest BCUT2D eigenvalue weighted by molar-refractivity contribution is 6.30. The second-order valence-corrected chi connectivity index (χ2v) is 18.4. The Balaban J connectivity index is 0.000000495. The highest BCUT2D eigenvalue weighted by atomic mass is 35.5. The molecule has 4 fully saturated rings. The summed E-state index contributed by atoms with van der Waals surface area (Å²) in [6.45, 7) is 5.00. The van der Waals surface area contributed by atoms with Crippen LogP contribution in [-0.4, -0.2) is 167 Å². The number of aliphatic hydroxyl groups excluding tert-OH is 4. The average molecular weight is 1180 g/mol. The van der Waals surface area contributed by atoms with E-state index >= 15 is 0 Å². The molecule has 0 bridgehead atoms. The Morgan fingerprint density at radius 2 is 0.926 bits per heavy atom. The van der Waals surface area contributed by atoms with Gasteiger partial charge in [-0.15, -0.1) is 0 Å². The molecular weight excluding hydrogens is 1100 g/mol. The van der Waals surface area contributed by atoms with E-state index < -0.39 is 47.6 Å². The fourth-order valence-corrected chi connectivity index (χ4v) is 7.83. The first-order valence-electron chi connectivity index (χ1n) is 24.0. The van der Waals surface area contributed by atoms with Crippen LogP contribution >= 0.6 is 23.2 Å². The minimum Gasteiger partial charge on any atom is -0.391 e. The number of aromatic nitrogens is 8. The van der Waals surface area contributed by atoms with Gasteiger partial charge in [-0.3, -0.25) is 4.99 Å². The summed E-state index contributed by atoms with van der Waals surface area (Å²) in [5, 5.41) is 46.1. The van der Waals surface area contributed by atoms with Crippen molar-refractivity contribution in [2.45, 2.75) is 104 Å². The molecule has 8 heterocycles. The van der Waals surface area contributed by atoms with Crippen LogP contribution in [0.2, 0.25) is 10.3 Å². The van der Waals surface area contributed by atoms with E-state index in [1.165, 1.54) is 23.4 Å². The maximum absolute atomic E-state index is 13.6. The molecule has 20 N–H and O–H groups in total. The lowest BCUT2D eigenvalue weighted by Gasteiger charge is -2.34. The fourth-order valence-electron chi connectivity index (χ4n) is 7.55. The van der Waals surface area contributed by atoms with Crippen LogP contribution in [-0.2, 0) is 0 Å². The van der Waals surface area contributed by atoms with Crippen LogP contribution in [0.15, 0.2) is 72.8 Å². The number of fused-ring (bicyclic) bond motifs is 1. The molecule has 10 rings (SSSR count). The molecule has 4 aliphatic rings. The van der Waals surface area contributed by atoms with Gasteiger partial charge in [0.25, 0.3) is 0 Å². The molecule has 0 unspecified atom stereocenters. The van der Waals surface area contributed by atoms with E-state index in [9.17, 15) is 32.9 Å². The van der Waals surface area contributed by atoms with Gasteiger partial charge in [0.2, 0.25) is 23.3 Å². The maximum atomic E-state index is 13.6. The number of anilines is 6. The number of halogens is 6. The molecule has 4 saturated heterocycles. The van der Waals surface area contributed by atoms with E-state index in [-0.39, 0.29) is 99.2 Å². The Hall–Kier alpha value is -6.57. The number of benzene rings is 2. The van der Waals surface area contributed by atoms with Crippen LogP contribution < -0.4 is 60.6 Å². The molecule has 0 spiro atoms. The van der Waals surface area contributed by atoms with Gasteiger partial charge in [0.1, 0.15) is 25.3 Å². The first kappa shape index (κ1) is 72.4. The predicted octanol–water partition coefficient (Wildman–Crippen LogP) is 3.09. The Kier molecular flexibility index (Phi) is 32.2. The maximum Gasteiger partial charge on any atom is 0.207 e. The minimum absolute atomic E-state index is 0. The Labute approximate surface area is 480 Å². The van der Waals surface area contributed by atoms with Gasteiger partial charge in [0.05, 0.1) is 30.5 Å². The van der Waals surface area contributed by atoms with Gasteiger partial charge in [0, 0.05) is 63.6 Å². The first-order valence-corrected chi connectivity index (χ1v) is 24.8. The second kappa shape index (κ2) is 36.0. The summed E-state index contributed by atoms with van der Waals surface area (Å²) in [6, 6.07) is 13.7. The Morgan fingerprint density at radius 1 is 0.519 bits per heavy atom. The number of hydrogen-bond acceptors (Lipinski definition) is 24. The smallest absolute Gasteiger partial charge is 0.207 e. The Bertz CT molecular complexity index is 2650. The summed E-state index contributed by atoms with van der Waals surface area (Å²) >= 11 is 10.4. The fraction of sp³-hybridized carbons (Fsp3) is 0.471. The normalized spacial score (nSPS) is 21.9. The van der Waals surface area contributed by atoms with E-state index in [4.69, 9.17) is 68.4 Å². The lowest BCUT2D eigenvalue weighted by Crippen LogP contribution is -2.51. The van der Waals surface area contributed by atoms with E-state index in [2.05, 4.69) is 85.8 Å². The van der Waals surface area contributed by atoms with E-state index in [1.54, 1.807) is 9.80 Å². The van der Waals surface area contributed by atoms with Crippen molar-refractivity contribution >= 4 is 75.1 Å². The standard InChI is InChI=1S/C16H18N2O.2C9H14FN5O.C5H12N2O.2C4H3ClFN3.4CH4/c19-16-7-8-17-11-15(16)18-10-12-5-6-13-3-1-2-4-14(13)9-12;2*10-7-8(12)13-4-14-9(7)15-2-1-6(16)5(11)3-15;6-4-3-7-2-1-5(4)8;2*5-3-2(6)4(7)9-1-8-3;;;;/h1-6,9-10,15-17,19H,7-8,11H2;2*4-6,16H,1-3,11H2,(H2,12,13,14);4-5,7-8H,1-3,6H2;2*1H,(H2,7,8,9);4*1H4/t15-,16-;2*5-,6-;4-,5-;;;;;;/m0000....../s1.